The zero-order chi connectivity index (χ0) is 20.8. The number of carbonyl (C=O) groups is 3. The van der Waals surface area contributed by atoms with E-state index in [0.29, 0.717) is 27.6 Å². The van der Waals surface area contributed by atoms with Crippen molar-refractivity contribution in [1.82, 2.24) is 10.6 Å². The van der Waals surface area contributed by atoms with Gasteiger partial charge in [-0.3, -0.25) is 14.4 Å². The van der Waals surface area contributed by atoms with Crippen molar-refractivity contribution in [1.29, 1.82) is 0 Å². The molecule has 0 aromatic heterocycles. The lowest BCUT2D eigenvalue weighted by atomic mass is 10.0. The highest BCUT2D eigenvalue weighted by molar-refractivity contribution is 6.30. The Labute approximate surface area is 172 Å². The summed E-state index contributed by atoms with van der Waals surface area (Å²) in [6.07, 6.45) is -0.0556. The smallest absolute Gasteiger partial charge is 0.307 e. The molecular formula is C20H19ClN2O6. The Hall–Kier alpha value is -3.26. The number of methoxy groups -OCH3 is 1. The van der Waals surface area contributed by atoms with Crippen LogP contribution < -0.4 is 20.1 Å². The summed E-state index contributed by atoms with van der Waals surface area (Å²) in [7, 11) is 1.27. The van der Waals surface area contributed by atoms with Gasteiger partial charge in [0.2, 0.25) is 12.7 Å². The van der Waals surface area contributed by atoms with Crippen LogP contribution in [0.3, 0.4) is 0 Å². The molecule has 0 saturated heterocycles. The number of halogens is 1. The van der Waals surface area contributed by atoms with Crippen LogP contribution in [-0.2, 0) is 14.3 Å². The molecule has 2 N–H and O–H groups in total. The number of nitrogens with one attached hydrogen (secondary N) is 2. The van der Waals surface area contributed by atoms with Crippen LogP contribution in [0.15, 0.2) is 42.5 Å². The summed E-state index contributed by atoms with van der Waals surface area (Å²) >= 11 is 5.89. The molecule has 0 bridgehead atoms. The number of fused-ring (bicyclic) bond motifs is 1. The Bertz CT molecular complexity index is 916. The minimum atomic E-state index is -0.616. The molecule has 2 aromatic rings. The number of ether oxygens (including phenoxy) is 3. The quantitative estimate of drug-likeness (QED) is 0.668. The maximum absolute atomic E-state index is 12.3. The molecule has 0 fully saturated rings. The minimum Gasteiger partial charge on any atom is -0.469 e. The summed E-state index contributed by atoms with van der Waals surface area (Å²) in [6.45, 7) is -0.159. The number of esters is 1. The standard InChI is InChI=1S/C20H19ClN2O6/c1-27-19(25)9-15(12-2-5-14(21)6-3-12)23-18(24)10-22-20(26)13-4-7-16-17(8-13)29-11-28-16/h2-8,15H,9-11H2,1H3,(H,22,26)(H,23,24). The Morgan fingerprint density at radius 2 is 1.83 bits per heavy atom. The van der Waals surface area contributed by atoms with Crippen LogP contribution in [0.1, 0.15) is 28.4 Å². The van der Waals surface area contributed by atoms with Gasteiger partial charge in [-0.1, -0.05) is 23.7 Å². The predicted octanol–water partition coefficient (Wildman–Crippen LogP) is 2.22. The number of amides is 2. The van der Waals surface area contributed by atoms with Crippen molar-refractivity contribution in [3.05, 3.63) is 58.6 Å². The van der Waals surface area contributed by atoms with E-state index < -0.39 is 23.8 Å². The second-order valence-electron chi connectivity index (χ2n) is 6.20. The summed E-state index contributed by atoms with van der Waals surface area (Å²) < 4.78 is 15.1. The Balaban J connectivity index is 1.59. The molecule has 1 aliphatic rings. The topological polar surface area (TPSA) is 103 Å². The van der Waals surface area contributed by atoms with Crippen LogP contribution in [0.4, 0.5) is 0 Å². The predicted molar refractivity (Wildman–Crippen MR) is 104 cm³/mol. The first-order chi connectivity index (χ1) is 14.0. The van der Waals surface area contributed by atoms with E-state index in [1.165, 1.54) is 7.11 Å². The van der Waals surface area contributed by atoms with Gasteiger partial charge in [-0.25, -0.2) is 0 Å². The van der Waals surface area contributed by atoms with E-state index in [1.807, 2.05) is 0 Å². The van der Waals surface area contributed by atoms with Crippen LogP contribution in [0, 0.1) is 0 Å². The molecule has 2 amide bonds. The van der Waals surface area contributed by atoms with E-state index in [2.05, 4.69) is 10.6 Å². The van der Waals surface area contributed by atoms with E-state index in [0.717, 1.165) is 0 Å². The fraction of sp³-hybridized carbons (Fsp3) is 0.250. The zero-order valence-electron chi connectivity index (χ0n) is 15.6. The van der Waals surface area contributed by atoms with Crippen LogP contribution in [0.2, 0.25) is 5.02 Å². The summed E-state index contributed by atoms with van der Waals surface area (Å²) in [4.78, 5) is 36.3. The molecule has 1 aliphatic heterocycles. The lowest BCUT2D eigenvalue weighted by molar-refractivity contribution is -0.141. The van der Waals surface area contributed by atoms with Gasteiger partial charge in [-0.15, -0.1) is 0 Å². The SMILES string of the molecule is COC(=O)CC(NC(=O)CNC(=O)c1ccc2c(c1)OCO2)c1ccc(Cl)cc1. The van der Waals surface area contributed by atoms with Gasteiger partial charge in [-0.05, 0) is 35.9 Å². The third-order valence-corrected chi connectivity index (χ3v) is 4.50. The van der Waals surface area contributed by atoms with E-state index >= 15 is 0 Å². The van der Waals surface area contributed by atoms with Gasteiger partial charge in [0.1, 0.15) is 0 Å². The Morgan fingerprint density at radius 1 is 1.10 bits per heavy atom. The molecule has 0 spiro atoms. The molecular weight excluding hydrogens is 400 g/mol. The molecule has 2 aromatic carbocycles. The van der Waals surface area contributed by atoms with Gasteiger partial charge in [0, 0.05) is 10.6 Å². The first-order valence-corrected chi connectivity index (χ1v) is 9.13. The first-order valence-electron chi connectivity index (χ1n) is 8.75. The molecule has 1 heterocycles. The van der Waals surface area contributed by atoms with Crippen LogP contribution in [-0.4, -0.2) is 38.2 Å². The van der Waals surface area contributed by atoms with Gasteiger partial charge < -0.3 is 24.8 Å². The molecule has 3 rings (SSSR count). The molecule has 1 unspecified atom stereocenters. The fourth-order valence-electron chi connectivity index (χ4n) is 2.74. The zero-order valence-corrected chi connectivity index (χ0v) is 16.3. The average Bonchev–Trinajstić information content (AvgIpc) is 3.19. The van der Waals surface area contributed by atoms with Crippen molar-refractivity contribution in [2.24, 2.45) is 0 Å². The molecule has 1 atom stereocenters. The highest BCUT2D eigenvalue weighted by atomic mass is 35.5. The van der Waals surface area contributed by atoms with Gasteiger partial charge in [-0.2, -0.15) is 0 Å². The highest BCUT2D eigenvalue weighted by Gasteiger charge is 2.20. The summed E-state index contributed by atoms with van der Waals surface area (Å²) in [6, 6.07) is 10.9. The van der Waals surface area contributed by atoms with Crippen molar-refractivity contribution < 1.29 is 28.6 Å². The van der Waals surface area contributed by atoms with Gasteiger partial charge in [0.25, 0.3) is 5.91 Å². The summed E-state index contributed by atoms with van der Waals surface area (Å²) in [5.74, 6) is -0.331. The number of carbonyl (C=O) groups excluding carboxylic acids is 3. The second kappa shape index (κ2) is 9.29. The summed E-state index contributed by atoms with van der Waals surface area (Å²) in [5.41, 5.74) is 1.03. The number of rotatable bonds is 7. The normalized spacial score (nSPS) is 12.8. The van der Waals surface area contributed by atoms with E-state index in [1.54, 1.807) is 42.5 Å². The third kappa shape index (κ3) is 5.39. The Kier molecular flexibility index (Phi) is 6.56. The molecule has 152 valence electrons. The van der Waals surface area contributed by atoms with Crippen molar-refractivity contribution in [2.75, 3.05) is 20.4 Å². The van der Waals surface area contributed by atoms with E-state index in [-0.39, 0.29) is 19.8 Å². The largest absolute Gasteiger partial charge is 0.469 e. The van der Waals surface area contributed by atoms with Gasteiger partial charge in [0.15, 0.2) is 11.5 Å². The van der Waals surface area contributed by atoms with Gasteiger partial charge in [0.05, 0.1) is 26.1 Å². The Morgan fingerprint density at radius 3 is 2.55 bits per heavy atom. The maximum Gasteiger partial charge on any atom is 0.307 e. The molecule has 8 nitrogen and oxygen atoms in total. The number of hydrogen-bond donors (Lipinski definition) is 2. The monoisotopic (exact) mass is 418 g/mol. The van der Waals surface area contributed by atoms with Crippen molar-refractivity contribution in [3.8, 4) is 11.5 Å². The maximum atomic E-state index is 12.3. The number of benzene rings is 2. The second-order valence-corrected chi connectivity index (χ2v) is 6.64. The molecule has 0 aliphatic carbocycles. The number of hydrogen-bond acceptors (Lipinski definition) is 6. The van der Waals surface area contributed by atoms with E-state index in [4.69, 9.17) is 25.8 Å². The highest BCUT2D eigenvalue weighted by Crippen LogP contribution is 2.32. The molecule has 0 radical (unpaired) electrons. The molecule has 0 saturated carbocycles. The average molecular weight is 419 g/mol. The minimum absolute atomic E-state index is 0.0556. The summed E-state index contributed by atoms with van der Waals surface area (Å²) in [5, 5.41) is 5.80. The lowest BCUT2D eigenvalue weighted by Gasteiger charge is -2.18. The van der Waals surface area contributed by atoms with Crippen molar-refractivity contribution >= 4 is 29.4 Å². The fourth-order valence-corrected chi connectivity index (χ4v) is 2.87. The van der Waals surface area contributed by atoms with Crippen LogP contribution in [0.5, 0.6) is 11.5 Å². The lowest BCUT2D eigenvalue weighted by Crippen LogP contribution is -2.39. The van der Waals surface area contributed by atoms with Crippen LogP contribution in [0.25, 0.3) is 0 Å². The first kappa shape index (κ1) is 20.5. The molecule has 29 heavy (non-hydrogen) atoms. The third-order valence-electron chi connectivity index (χ3n) is 4.25. The van der Waals surface area contributed by atoms with Gasteiger partial charge >= 0.3 is 5.97 Å². The van der Waals surface area contributed by atoms with Crippen LogP contribution >= 0.6 is 11.6 Å². The van der Waals surface area contributed by atoms with Crippen molar-refractivity contribution in [3.63, 3.8) is 0 Å². The van der Waals surface area contributed by atoms with Crippen molar-refractivity contribution in [2.45, 2.75) is 12.5 Å². The molecule has 9 heteroatoms. The van der Waals surface area contributed by atoms with E-state index in [9.17, 15) is 14.4 Å².